The molecule has 0 spiro atoms. The summed E-state index contributed by atoms with van der Waals surface area (Å²) in [7, 11) is 0. The summed E-state index contributed by atoms with van der Waals surface area (Å²) in [6.07, 6.45) is 1.76. The van der Waals surface area contributed by atoms with Gasteiger partial charge in [-0.05, 0) is 18.2 Å². The summed E-state index contributed by atoms with van der Waals surface area (Å²) >= 11 is 0. The molecule has 2 aromatic carbocycles. The highest BCUT2D eigenvalue weighted by atomic mass is 14.9. The fourth-order valence-electron chi connectivity index (χ4n) is 2.50. The Morgan fingerprint density at radius 1 is 0.636 bits per heavy atom. The Hall–Kier alpha value is -3.07. The number of pyridine rings is 1. The van der Waals surface area contributed by atoms with Crippen molar-refractivity contribution in [1.29, 1.82) is 0 Å². The van der Waals surface area contributed by atoms with E-state index in [1.807, 2.05) is 54.6 Å². The zero-order valence-corrected chi connectivity index (χ0v) is 11.8. The molecule has 3 nitrogen and oxygen atoms in total. The molecule has 0 N–H and O–H groups in total. The molecule has 4 rings (SSSR count). The number of hydrogen-bond acceptors (Lipinski definition) is 3. The first-order chi connectivity index (χ1) is 10.9. The van der Waals surface area contributed by atoms with Gasteiger partial charge in [0.25, 0.3) is 0 Å². The molecular formula is C19H13N3. The lowest BCUT2D eigenvalue weighted by atomic mass is 10.1. The molecule has 3 heteroatoms. The highest BCUT2D eigenvalue weighted by Crippen LogP contribution is 2.28. The van der Waals surface area contributed by atoms with Crippen LogP contribution in [-0.4, -0.2) is 15.0 Å². The van der Waals surface area contributed by atoms with Crippen LogP contribution < -0.4 is 0 Å². The lowest BCUT2D eigenvalue weighted by Gasteiger charge is -2.08. The van der Waals surface area contributed by atoms with Gasteiger partial charge in [0.05, 0.1) is 11.2 Å². The fraction of sp³-hybridized carbons (Fsp3) is 0. The van der Waals surface area contributed by atoms with E-state index < -0.39 is 0 Å². The number of benzene rings is 2. The maximum absolute atomic E-state index is 4.77. The lowest BCUT2D eigenvalue weighted by molar-refractivity contribution is 1.18. The Morgan fingerprint density at radius 2 is 1.41 bits per heavy atom. The van der Waals surface area contributed by atoms with Crippen molar-refractivity contribution in [1.82, 2.24) is 15.0 Å². The van der Waals surface area contributed by atoms with Gasteiger partial charge in [-0.1, -0.05) is 54.6 Å². The van der Waals surface area contributed by atoms with Gasteiger partial charge in [0.2, 0.25) is 0 Å². The van der Waals surface area contributed by atoms with Gasteiger partial charge >= 0.3 is 0 Å². The average molecular weight is 283 g/mol. The highest BCUT2D eigenvalue weighted by Gasteiger charge is 2.11. The van der Waals surface area contributed by atoms with Gasteiger partial charge < -0.3 is 0 Å². The van der Waals surface area contributed by atoms with Crippen LogP contribution in [0.5, 0.6) is 0 Å². The van der Waals surface area contributed by atoms with Crippen LogP contribution in [0.4, 0.5) is 0 Å². The van der Waals surface area contributed by atoms with E-state index in [2.05, 4.69) is 28.2 Å². The molecule has 0 fully saturated rings. The van der Waals surface area contributed by atoms with Crippen molar-refractivity contribution in [3.05, 3.63) is 79.0 Å². The summed E-state index contributed by atoms with van der Waals surface area (Å²) in [5.41, 5.74) is 3.73. The van der Waals surface area contributed by atoms with Crippen molar-refractivity contribution in [3.8, 4) is 22.8 Å². The van der Waals surface area contributed by atoms with E-state index >= 15 is 0 Å². The Labute approximate surface area is 128 Å². The third-order valence-electron chi connectivity index (χ3n) is 3.54. The van der Waals surface area contributed by atoms with Crippen LogP contribution in [0.25, 0.3) is 33.7 Å². The summed E-state index contributed by atoms with van der Waals surface area (Å²) in [4.78, 5) is 13.8. The number of nitrogens with zero attached hydrogens (tertiary/aromatic N) is 3. The second-order valence-electron chi connectivity index (χ2n) is 4.99. The predicted molar refractivity (Wildman–Crippen MR) is 88.2 cm³/mol. The van der Waals surface area contributed by atoms with E-state index in [9.17, 15) is 0 Å². The average Bonchev–Trinajstić information content (AvgIpc) is 2.62. The molecule has 104 valence electrons. The van der Waals surface area contributed by atoms with Crippen molar-refractivity contribution >= 4 is 10.9 Å². The van der Waals surface area contributed by atoms with Crippen LogP contribution in [0, 0.1) is 0 Å². The minimum atomic E-state index is 0.651. The second-order valence-corrected chi connectivity index (χ2v) is 4.99. The summed E-state index contributed by atoms with van der Waals surface area (Å²) < 4.78 is 0. The van der Waals surface area contributed by atoms with Crippen molar-refractivity contribution in [3.63, 3.8) is 0 Å². The standard InChI is InChI=1S/C19H13N3/c1-2-8-14(9-3-1)18-15-10-4-5-11-16(15)21-19(22-18)17-12-6-7-13-20-17/h1-13H. The molecule has 0 bridgehead atoms. The molecule has 0 amide bonds. The predicted octanol–water partition coefficient (Wildman–Crippen LogP) is 4.36. The van der Waals surface area contributed by atoms with Crippen LogP contribution in [0.1, 0.15) is 0 Å². The van der Waals surface area contributed by atoms with Crippen LogP contribution >= 0.6 is 0 Å². The molecule has 0 saturated carbocycles. The molecule has 22 heavy (non-hydrogen) atoms. The Kier molecular flexibility index (Phi) is 3.09. The zero-order valence-electron chi connectivity index (χ0n) is 11.8. The smallest absolute Gasteiger partial charge is 0.179 e. The molecule has 0 aliphatic carbocycles. The fourth-order valence-corrected chi connectivity index (χ4v) is 2.50. The van der Waals surface area contributed by atoms with Crippen molar-refractivity contribution < 1.29 is 0 Å². The third kappa shape index (κ3) is 2.23. The Bertz CT molecular complexity index is 919. The van der Waals surface area contributed by atoms with Gasteiger partial charge in [-0.2, -0.15) is 0 Å². The number of rotatable bonds is 2. The molecule has 2 heterocycles. The molecule has 0 aliphatic heterocycles. The molecule has 4 aromatic rings. The third-order valence-corrected chi connectivity index (χ3v) is 3.54. The first kappa shape index (κ1) is 12.7. The van der Waals surface area contributed by atoms with Crippen molar-refractivity contribution in [2.24, 2.45) is 0 Å². The molecular weight excluding hydrogens is 270 g/mol. The Balaban J connectivity index is 2.02. The van der Waals surface area contributed by atoms with Crippen LogP contribution in [0.15, 0.2) is 79.0 Å². The topological polar surface area (TPSA) is 38.7 Å². The van der Waals surface area contributed by atoms with E-state index in [0.717, 1.165) is 27.9 Å². The largest absolute Gasteiger partial charge is 0.253 e. The summed E-state index contributed by atoms with van der Waals surface area (Å²) in [6.45, 7) is 0. The van der Waals surface area contributed by atoms with E-state index in [4.69, 9.17) is 4.98 Å². The number of hydrogen-bond donors (Lipinski definition) is 0. The lowest BCUT2D eigenvalue weighted by Crippen LogP contribution is -1.96. The van der Waals surface area contributed by atoms with Gasteiger partial charge in [-0.25, -0.2) is 9.97 Å². The monoisotopic (exact) mass is 283 g/mol. The summed E-state index contributed by atoms with van der Waals surface area (Å²) in [5.74, 6) is 0.651. The van der Waals surface area contributed by atoms with Gasteiger partial charge in [0, 0.05) is 17.1 Å². The van der Waals surface area contributed by atoms with Crippen LogP contribution in [0.2, 0.25) is 0 Å². The highest BCUT2D eigenvalue weighted by molar-refractivity contribution is 5.93. The Morgan fingerprint density at radius 3 is 2.23 bits per heavy atom. The van der Waals surface area contributed by atoms with Gasteiger partial charge in [-0.15, -0.1) is 0 Å². The molecule has 0 atom stereocenters. The minimum absolute atomic E-state index is 0.651. The molecule has 2 aromatic heterocycles. The maximum Gasteiger partial charge on any atom is 0.179 e. The normalized spacial score (nSPS) is 10.7. The van der Waals surface area contributed by atoms with E-state index in [1.165, 1.54) is 0 Å². The van der Waals surface area contributed by atoms with E-state index in [0.29, 0.717) is 5.82 Å². The number of fused-ring (bicyclic) bond motifs is 1. The van der Waals surface area contributed by atoms with Gasteiger partial charge in [0.15, 0.2) is 5.82 Å². The van der Waals surface area contributed by atoms with E-state index in [-0.39, 0.29) is 0 Å². The second kappa shape index (κ2) is 5.37. The first-order valence-corrected chi connectivity index (χ1v) is 7.15. The molecule has 0 aliphatic rings. The minimum Gasteiger partial charge on any atom is -0.253 e. The SMILES string of the molecule is c1ccc(-c2nc(-c3ccccn3)nc3ccccc23)cc1. The summed E-state index contributed by atoms with van der Waals surface area (Å²) in [6, 6.07) is 24.0. The van der Waals surface area contributed by atoms with Crippen molar-refractivity contribution in [2.45, 2.75) is 0 Å². The number of aromatic nitrogens is 3. The first-order valence-electron chi connectivity index (χ1n) is 7.15. The van der Waals surface area contributed by atoms with Crippen LogP contribution in [-0.2, 0) is 0 Å². The molecule has 0 radical (unpaired) electrons. The van der Waals surface area contributed by atoms with Gasteiger partial charge in [-0.3, -0.25) is 4.98 Å². The van der Waals surface area contributed by atoms with Crippen LogP contribution in [0.3, 0.4) is 0 Å². The summed E-state index contributed by atoms with van der Waals surface area (Å²) in [5, 5.41) is 1.05. The molecule has 0 unspecified atom stereocenters. The molecule has 0 saturated heterocycles. The number of para-hydroxylation sites is 1. The van der Waals surface area contributed by atoms with E-state index in [1.54, 1.807) is 6.20 Å². The zero-order chi connectivity index (χ0) is 14.8. The quantitative estimate of drug-likeness (QED) is 0.548. The van der Waals surface area contributed by atoms with Gasteiger partial charge in [0.1, 0.15) is 5.69 Å². The maximum atomic E-state index is 4.77. The van der Waals surface area contributed by atoms with Crippen molar-refractivity contribution in [2.75, 3.05) is 0 Å².